The van der Waals surface area contributed by atoms with Gasteiger partial charge in [-0.1, -0.05) is 30.3 Å². The first kappa shape index (κ1) is 20.3. The molecule has 1 saturated heterocycles. The second-order valence-corrected chi connectivity index (χ2v) is 9.42. The number of fused-ring (bicyclic) bond motifs is 1. The largest absolute Gasteiger partial charge is 0.352 e. The van der Waals surface area contributed by atoms with Crippen molar-refractivity contribution in [2.45, 2.75) is 24.3 Å². The fourth-order valence-corrected chi connectivity index (χ4v) is 5.31. The van der Waals surface area contributed by atoms with Crippen LogP contribution in [0.3, 0.4) is 0 Å². The summed E-state index contributed by atoms with van der Waals surface area (Å²) in [5.41, 5.74) is 1.34. The van der Waals surface area contributed by atoms with Crippen LogP contribution in [0.4, 0.5) is 0 Å². The minimum Gasteiger partial charge on any atom is -0.352 e. The molecule has 1 aromatic heterocycles. The van der Waals surface area contributed by atoms with Gasteiger partial charge < -0.3 is 10.3 Å². The number of carbonyl (C=O) groups is 1. The number of nitrogens with zero attached hydrogens (tertiary/aromatic N) is 1. The van der Waals surface area contributed by atoms with Crippen LogP contribution in [0, 0.1) is 5.92 Å². The molecule has 2 N–H and O–H groups in total. The van der Waals surface area contributed by atoms with Crippen molar-refractivity contribution in [1.29, 1.82) is 0 Å². The Morgan fingerprint density at radius 3 is 2.70 bits per heavy atom. The van der Waals surface area contributed by atoms with E-state index < -0.39 is 10.0 Å². The van der Waals surface area contributed by atoms with Crippen LogP contribution in [0.1, 0.15) is 18.4 Å². The molecule has 0 saturated carbocycles. The third kappa shape index (κ3) is 4.29. The van der Waals surface area contributed by atoms with Crippen molar-refractivity contribution in [1.82, 2.24) is 14.6 Å². The molecule has 1 aliphatic rings. The van der Waals surface area contributed by atoms with Gasteiger partial charge in [0.2, 0.25) is 21.5 Å². The lowest BCUT2D eigenvalue weighted by Crippen LogP contribution is -2.45. The first-order valence-electron chi connectivity index (χ1n) is 9.88. The smallest absolute Gasteiger partial charge is 0.248 e. The Hall–Kier alpha value is -2.97. The van der Waals surface area contributed by atoms with Gasteiger partial charge >= 0.3 is 0 Å². The second kappa shape index (κ2) is 8.41. The summed E-state index contributed by atoms with van der Waals surface area (Å²) in [7, 11) is -3.74. The Morgan fingerprint density at radius 1 is 1.10 bits per heavy atom. The van der Waals surface area contributed by atoms with Crippen molar-refractivity contribution in [3.05, 3.63) is 76.6 Å². The number of rotatable bonds is 5. The van der Waals surface area contributed by atoms with E-state index in [4.69, 9.17) is 0 Å². The zero-order valence-electron chi connectivity index (χ0n) is 16.4. The average molecular weight is 426 g/mol. The van der Waals surface area contributed by atoms with Crippen molar-refractivity contribution < 1.29 is 13.2 Å². The van der Waals surface area contributed by atoms with E-state index in [0.717, 1.165) is 5.56 Å². The van der Waals surface area contributed by atoms with E-state index in [9.17, 15) is 18.0 Å². The second-order valence-electron chi connectivity index (χ2n) is 7.48. The quantitative estimate of drug-likeness (QED) is 0.655. The Labute approximate surface area is 174 Å². The number of H-pyrrole nitrogens is 1. The molecule has 1 amide bonds. The summed E-state index contributed by atoms with van der Waals surface area (Å²) >= 11 is 0. The summed E-state index contributed by atoms with van der Waals surface area (Å²) in [6.07, 6.45) is 1.29. The maximum absolute atomic E-state index is 13.2. The summed E-state index contributed by atoms with van der Waals surface area (Å²) in [5.74, 6) is -0.510. The number of carbonyl (C=O) groups excluding carboxylic acids is 1. The van der Waals surface area contributed by atoms with Crippen molar-refractivity contribution >= 4 is 26.8 Å². The maximum atomic E-state index is 13.2. The highest BCUT2D eigenvalue weighted by atomic mass is 32.2. The topological polar surface area (TPSA) is 99.3 Å². The highest BCUT2D eigenvalue weighted by Crippen LogP contribution is 2.25. The van der Waals surface area contributed by atoms with Gasteiger partial charge in [-0.2, -0.15) is 4.31 Å². The molecule has 0 aliphatic carbocycles. The number of aromatic amines is 1. The number of nitrogens with one attached hydrogen (secondary N) is 2. The van der Waals surface area contributed by atoms with Gasteiger partial charge in [-0.15, -0.1) is 0 Å². The van der Waals surface area contributed by atoms with Gasteiger partial charge in [-0.25, -0.2) is 8.42 Å². The van der Waals surface area contributed by atoms with E-state index in [2.05, 4.69) is 10.3 Å². The van der Waals surface area contributed by atoms with Crippen LogP contribution in [0.5, 0.6) is 0 Å². The average Bonchev–Trinajstić information content (AvgIpc) is 2.77. The van der Waals surface area contributed by atoms with Crippen LogP contribution in [0.25, 0.3) is 10.9 Å². The molecule has 0 spiro atoms. The first-order chi connectivity index (χ1) is 14.4. The Balaban J connectivity index is 1.48. The van der Waals surface area contributed by atoms with Crippen molar-refractivity contribution in [3.63, 3.8) is 0 Å². The van der Waals surface area contributed by atoms with Gasteiger partial charge in [0.1, 0.15) is 0 Å². The van der Waals surface area contributed by atoms with Gasteiger partial charge in [0.05, 0.1) is 10.8 Å². The zero-order chi connectivity index (χ0) is 21.1. The predicted molar refractivity (Wildman–Crippen MR) is 114 cm³/mol. The summed E-state index contributed by atoms with van der Waals surface area (Å²) in [6.45, 7) is 0.965. The molecule has 1 aliphatic heterocycles. The van der Waals surface area contributed by atoms with Crippen LogP contribution in [0.15, 0.2) is 70.4 Å². The number of hydrogen-bond acceptors (Lipinski definition) is 4. The van der Waals surface area contributed by atoms with Crippen LogP contribution >= 0.6 is 0 Å². The molecular weight excluding hydrogens is 402 g/mol. The molecule has 1 atom stereocenters. The summed E-state index contributed by atoms with van der Waals surface area (Å²) in [6, 6.07) is 17.2. The minimum atomic E-state index is -3.74. The number of sulfonamides is 1. The fraction of sp³-hybridized carbons (Fsp3) is 0.273. The van der Waals surface area contributed by atoms with Crippen molar-refractivity contribution in [2.24, 2.45) is 5.92 Å². The van der Waals surface area contributed by atoms with Gasteiger partial charge in [0, 0.05) is 31.2 Å². The Morgan fingerprint density at radius 2 is 1.90 bits per heavy atom. The lowest BCUT2D eigenvalue weighted by molar-refractivity contribution is -0.126. The number of benzene rings is 2. The van der Waals surface area contributed by atoms with Crippen molar-refractivity contribution in [2.75, 3.05) is 13.1 Å². The van der Waals surface area contributed by atoms with Crippen molar-refractivity contribution in [3.8, 4) is 0 Å². The minimum absolute atomic E-state index is 0.130. The normalized spacial score (nSPS) is 17.7. The monoisotopic (exact) mass is 425 g/mol. The molecule has 156 valence electrons. The van der Waals surface area contributed by atoms with Crippen LogP contribution in [0.2, 0.25) is 0 Å². The third-order valence-electron chi connectivity index (χ3n) is 5.40. The standard InChI is InChI=1S/C22H23N3O4S/c26-21-11-8-17-13-19(9-10-20(17)24-21)30(28,29)25-12-4-7-18(15-25)22(27)23-14-16-5-2-1-3-6-16/h1-3,5-6,8-11,13,18H,4,7,12,14-15H2,(H,23,27)(H,24,26). The Bertz CT molecular complexity index is 1220. The summed E-state index contributed by atoms with van der Waals surface area (Å²) < 4.78 is 27.7. The molecule has 30 heavy (non-hydrogen) atoms. The van der Waals surface area contributed by atoms with Crippen LogP contribution in [-0.4, -0.2) is 36.7 Å². The van der Waals surface area contributed by atoms with Crippen LogP contribution in [-0.2, 0) is 21.4 Å². The number of pyridine rings is 1. The van der Waals surface area contributed by atoms with E-state index in [1.54, 1.807) is 18.2 Å². The lowest BCUT2D eigenvalue weighted by atomic mass is 9.99. The number of aromatic nitrogens is 1. The fourth-order valence-electron chi connectivity index (χ4n) is 3.75. The molecule has 0 bridgehead atoms. The summed E-state index contributed by atoms with van der Waals surface area (Å²) in [5, 5.41) is 3.56. The maximum Gasteiger partial charge on any atom is 0.248 e. The van der Waals surface area contributed by atoms with E-state index >= 15 is 0 Å². The summed E-state index contributed by atoms with van der Waals surface area (Å²) in [4.78, 5) is 26.9. The number of amides is 1. The zero-order valence-corrected chi connectivity index (χ0v) is 17.2. The highest BCUT2D eigenvalue weighted by Gasteiger charge is 2.33. The Kier molecular flexibility index (Phi) is 5.69. The van der Waals surface area contributed by atoms with Gasteiger partial charge in [0.25, 0.3) is 0 Å². The molecule has 2 aromatic carbocycles. The van der Waals surface area contributed by atoms with E-state index in [1.807, 2.05) is 30.3 Å². The first-order valence-corrected chi connectivity index (χ1v) is 11.3. The molecule has 8 heteroatoms. The molecule has 1 unspecified atom stereocenters. The van der Waals surface area contributed by atoms with E-state index in [-0.39, 0.29) is 28.8 Å². The molecule has 0 radical (unpaired) electrons. The molecule has 7 nitrogen and oxygen atoms in total. The number of piperidine rings is 1. The SMILES string of the molecule is O=C(NCc1ccccc1)C1CCCN(S(=O)(=O)c2ccc3[nH]c(=O)ccc3c2)C1. The lowest BCUT2D eigenvalue weighted by Gasteiger charge is -2.31. The van der Waals surface area contributed by atoms with Gasteiger partial charge in [-0.3, -0.25) is 9.59 Å². The van der Waals surface area contributed by atoms with Gasteiger partial charge in [-0.05, 0) is 48.1 Å². The van der Waals surface area contributed by atoms with E-state index in [1.165, 1.54) is 16.4 Å². The predicted octanol–water partition coefficient (Wildman–Crippen LogP) is 2.25. The molecule has 4 rings (SSSR count). The molecule has 3 aromatic rings. The molecule has 2 heterocycles. The molecule has 1 fully saturated rings. The molecular formula is C22H23N3O4S. The highest BCUT2D eigenvalue weighted by molar-refractivity contribution is 7.89. The van der Waals surface area contributed by atoms with Gasteiger partial charge in [0.15, 0.2) is 0 Å². The van der Waals surface area contributed by atoms with E-state index in [0.29, 0.717) is 36.8 Å². The number of hydrogen-bond donors (Lipinski definition) is 2. The van der Waals surface area contributed by atoms with Crippen LogP contribution < -0.4 is 10.9 Å². The third-order valence-corrected chi connectivity index (χ3v) is 7.26.